The molecule has 3 N–H and O–H groups in total. The van der Waals surface area contributed by atoms with Gasteiger partial charge in [-0.2, -0.15) is 0 Å². The monoisotopic (exact) mass is 301 g/mol. The lowest BCUT2D eigenvalue weighted by molar-refractivity contribution is -0.122. The molecule has 6 heteroatoms. The van der Waals surface area contributed by atoms with Crippen molar-refractivity contribution in [2.75, 3.05) is 19.8 Å². The third kappa shape index (κ3) is 7.29. The first-order valence-corrected chi connectivity index (χ1v) is 7.91. The van der Waals surface area contributed by atoms with E-state index in [1.807, 2.05) is 0 Å². The molecule has 0 heterocycles. The Morgan fingerprint density at radius 1 is 1.24 bits per heavy atom. The number of nitrogens with one attached hydrogen (secondary N) is 3. The van der Waals surface area contributed by atoms with Gasteiger partial charge in [-0.1, -0.05) is 26.2 Å². The van der Waals surface area contributed by atoms with Gasteiger partial charge >= 0.3 is 6.03 Å². The molecule has 122 valence electrons. The molecule has 0 saturated heterocycles. The van der Waals surface area contributed by atoms with Crippen LogP contribution in [0.3, 0.4) is 0 Å². The number of amides is 3. The topological polar surface area (TPSA) is 70.2 Å². The van der Waals surface area contributed by atoms with Crippen LogP contribution in [0, 0.1) is 11.8 Å². The van der Waals surface area contributed by atoms with Gasteiger partial charge in [0.2, 0.25) is 5.91 Å². The summed E-state index contributed by atoms with van der Waals surface area (Å²) in [5.74, 6) is 1.11. The summed E-state index contributed by atoms with van der Waals surface area (Å²) in [7, 11) is 0. The highest BCUT2D eigenvalue weighted by molar-refractivity contribution is 5.86. The molecule has 0 unspecified atom stereocenters. The number of alkyl halides is 1. The zero-order valence-electron chi connectivity index (χ0n) is 13.1. The number of rotatable bonds is 7. The van der Waals surface area contributed by atoms with E-state index in [9.17, 15) is 14.0 Å². The normalized spacial score (nSPS) is 23.2. The molecular formula is C15H28FN3O2. The Labute approximate surface area is 126 Å². The van der Waals surface area contributed by atoms with Gasteiger partial charge in [0, 0.05) is 13.1 Å². The molecule has 0 aromatic rings. The van der Waals surface area contributed by atoms with Crippen LogP contribution < -0.4 is 16.0 Å². The van der Waals surface area contributed by atoms with Crippen molar-refractivity contribution in [3.63, 3.8) is 0 Å². The van der Waals surface area contributed by atoms with E-state index in [0.29, 0.717) is 12.5 Å². The standard InChI is InChI=1S/C15H28FN3O2/c1-11-4-3-5-13(10-11)6-8-18-15(21)19-12(2)14(20)17-9-7-16/h11-13H,3-10H2,1-2H3,(H,17,20)(H2,18,19,21)/t11-,12+,13+/m1/s1. The molecule has 0 aliphatic heterocycles. The molecule has 1 rings (SSSR count). The third-order valence-corrected chi connectivity index (χ3v) is 4.02. The van der Waals surface area contributed by atoms with Crippen molar-refractivity contribution in [2.45, 2.75) is 52.0 Å². The number of halogens is 1. The van der Waals surface area contributed by atoms with Gasteiger partial charge in [0.15, 0.2) is 0 Å². The van der Waals surface area contributed by atoms with Crippen LogP contribution in [0.2, 0.25) is 0 Å². The molecule has 21 heavy (non-hydrogen) atoms. The summed E-state index contributed by atoms with van der Waals surface area (Å²) in [4.78, 5) is 23.1. The van der Waals surface area contributed by atoms with Crippen LogP contribution in [0.15, 0.2) is 0 Å². The zero-order chi connectivity index (χ0) is 15.7. The predicted octanol–water partition coefficient (Wildman–Crippen LogP) is 1.98. The first-order valence-electron chi connectivity index (χ1n) is 7.91. The molecule has 3 amide bonds. The number of hydrogen-bond acceptors (Lipinski definition) is 2. The zero-order valence-corrected chi connectivity index (χ0v) is 13.1. The predicted molar refractivity (Wildman–Crippen MR) is 80.7 cm³/mol. The first kappa shape index (κ1) is 17.7. The molecule has 1 aliphatic carbocycles. The minimum atomic E-state index is -0.661. The average Bonchev–Trinajstić information content (AvgIpc) is 2.44. The number of hydrogen-bond donors (Lipinski definition) is 3. The van der Waals surface area contributed by atoms with E-state index in [2.05, 4.69) is 22.9 Å². The Bertz CT molecular complexity index is 339. The quantitative estimate of drug-likeness (QED) is 0.673. The summed E-state index contributed by atoms with van der Waals surface area (Å²) < 4.78 is 11.9. The third-order valence-electron chi connectivity index (χ3n) is 4.02. The van der Waals surface area contributed by atoms with E-state index >= 15 is 0 Å². The minimum absolute atomic E-state index is 0.0215. The molecule has 0 radical (unpaired) electrons. The smallest absolute Gasteiger partial charge is 0.315 e. The second-order valence-electron chi connectivity index (χ2n) is 6.03. The Morgan fingerprint density at radius 2 is 2.00 bits per heavy atom. The highest BCUT2D eigenvalue weighted by Gasteiger charge is 2.19. The van der Waals surface area contributed by atoms with E-state index < -0.39 is 12.7 Å². The lowest BCUT2D eigenvalue weighted by atomic mass is 9.81. The van der Waals surface area contributed by atoms with Crippen molar-refractivity contribution in [3.8, 4) is 0 Å². The highest BCUT2D eigenvalue weighted by Crippen LogP contribution is 2.30. The van der Waals surface area contributed by atoms with Crippen molar-refractivity contribution in [2.24, 2.45) is 11.8 Å². The van der Waals surface area contributed by atoms with Crippen molar-refractivity contribution >= 4 is 11.9 Å². The van der Waals surface area contributed by atoms with Crippen LogP contribution in [0.4, 0.5) is 9.18 Å². The summed E-state index contributed by atoms with van der Waals surface area (Å²) >= 11 is 0. The van der Waals surface area contributed by atoms with Gasteiger partial charge in [-0.15, -0.1) is 0 Å². The van der Waals surface area contributed by atoms with Crippen LogP contribution in [-0.4, -0.2) is 37.7 Å². The van der Waals surface area contributed by atoms with Crippen LogP contribution in [0.5, 0.6) is 0 Å². The van der Waals surface area contributed by atoms with E-state index in [-0.39, 0.29) is 18.5 Å². The Morgan fingerprint density at radius 3 is 2.67 bits per heavy atom. The Hall–Kier alpha value is -1.33. The average molecular weight is 301 g/mol. The molecule has 3 atom stereocenters. The van der Waals surface area contributed by atoms with Crippen LogP contribution in [0.1, 0.15) is 46.0 Å². The first-order chi connectivity index (χ1) is 10.0. The van der Waals surface area contributed by atoms with Crippen LogP contribution in [-0.2, 0) is 4.79 Å². The summed E-state index contributed by atoms with van der Waals surface area (Å²) in [6, 6.07) is -1.01. The van der Waals surface area contributed by atoms with E-state index in [4.69, 9.17) is 0 Å². The van der Waals surface area contributed by atoms with Gasteiger partial charge in [-0.3, -0.25) is 4.79 Å². The van der Waals surface area contributed by atoms with Gasteiger partial charge in [-0.25, -0.2) is 9.18 Å². The molecule has 0 spiro atoms. The second-order valence-corrected chi connectivity index (χ2v) is 6.03. The molecule has 1 saturated carbocycles. The van der Waals surface area contributed by atoms with Gasteiger partial charge in [0.05, 0.1) is 0 Å². The fraction of sp³-hybridized carbons (Fsp3) is 0.867. The summed E-state index contributed by atoms with van der Waals surface area (Å²) in [5.41, 5.74) is 0. The van der Waals surface area contributed by atoms with E-state index in [0.717, 1.165) is 12.3 Å². The van der Waals surface area contributed by atoms with Gasteiger partial charge in [0.1, 0.15) is 12.7 Å². The van der Waals surface area contributed by atoms with Crippen LogP contribution >= 0.6 is 0 Å². The minimum Gasteiger partial charge on any atom is -0.352 e. The van der Waals surface area contributed by atoms with Crippen LogP contribution in [0.25, 0.3) is 0 Å². The molecule has 1 aliphatic rings. The number of carbonyl (C=O) groups is 2. The molecule has 0 bridgehead atoms. The summed E-state index contributed by atoms with van der Waals surface area (Å²) in [5, 5.41) is 7.73. The molecular weight excluding hydrogens is 273 g/mol. The Kier molecular flexibility index (Phi) is 8.08. The summed E-state index contributed by atoms with van der Waals surface area (Å²) in [6.07, 6.45) is 6.07. The highest BCUT2D eigenvalue weighted by atomic mass is 19.1. The SMILES string of the molecule is C[C@@H]1CCC[C@@H](CCNC(=O)N[C@@H](C)C(=O)NCCF)C1. The summed E-state index contributed by atoms with van der Waals surface area (Å²) in [6.45, 7) is 3.86. The lowest BCUT2D eigenvalue weighted by Gasteiger charge is -2.26. The Balaban J connectivity index is 2.14. The lowest BCUT2D eigenvalue weighted by Crippen LogP contribution is -2.49. The fourth-order valence-electron chi connectivity index (χ4n) is 2.85. The van der Waals surface area contributed by atoms with Crippen molar-refractivity contribution < 1.29 is 14.0 Å². The molecule has 0 aromatic carbocycles. The van der Waals surface area contributed by atoms with Crippen molar-refractivity contribution in [1.82, 2.24) is 16.0 Å². The maximum absolute atomic E-state index is 11.9. The van der Waals surface area contributed by atoms with E-state index in [1.54, 1.807) is 6.92 Å². The largest absolute Gasteiger partial charge is 0.352 e. The fourth-order valence-corrected chi connectivity index (χ4v) is 2.85. The van der Waals surface area contributed by atoms with Gasteiger partial charge in [0.25, 0.3) is 0 Å². The maximum atomic E-state index is 11.9. The van der Waals surface area contributed by atoms with E-state index in [1.165, 1.54) is 25.7 Å². The number of urea groups is 1. The molecule has 0 aromatic heterocycles. The second kappa shape index (κ2) is 9.58. The van der Waals surface area contributed by atoms with Gasteiger partial charge in [-0.05, 0) is 31.6 Å². The van der Waals surface area contributed by atoms with Crippen molar-refractivity contribution in [1.29, 1.82) is 0 Å². The molecule has 5 nitrogen and oxygen atoms in total. The number of carbonyl (C=O) groups excluding carboxylic acids is 2. The maximum Gasteiger partial charge on any atom is 0.315 e. The molecule has 1 fully saturated rings. The van der Waals surface area contributed by atoms with Gasteiger partial charge < -0.3 is 16.0 Å². The van der Waals surface area contributed by atoms with Crippen molar-refractivity contribution in [3.05, 3.63) is 0 Å².